The predicted octanol–water partition coefficient (Wildman–Crippen LogP) is 24.3. The smallest absolute Gasteiger partial charge is 0.170 e. The maximum absolute atomic E-state index is 4.57. The average molecular weight is 1530 g/mol. The summed E-state index contributed by atoms with van der Waals surface area (Å²) >= 11 is 8.70. The number of hydrogen-bond donors (Lipinski definition) is 0. The van der Waals surface area contributed by atoms with Gasteiger partial charge in [-0.25, -0.2) is 49.4 Å². The Balaban J connectivity index is 0.000000130. The highest BCUT2D eigenvalue weighted by atomic mass is 32.1. The summed E-state index contributed by atoms with van der Waals surface area (Å²) < 4.78 is 8.74. The Hall–Kier alpha value is -9.71. The van der Waals surface area contributed by atoms with E-state index in [9.17, 15) is 0 Å². The number of aliphatic imine (C=N–C) groups is 2. The van der Waals surface area contributed by atoms with Crippen molar-refractivity contribution in [2.75, 3.05) is 0 Å². The maximum atomic E-state index is 4.57. The van der Waals surface area contributed by atoms with Gasteiger partial charge in [-0.05, 0) is 120 Å². The summed E-state index contributed by atoms with van der Waals surface area (Å²) in [5, 5.41) is 10.1. The number of para-hydroxylation sites is 2. The Labute approximate surface area is 655 Å². The van der Waals surface area contributed by atoms with Gasteiger partial charge in [0.2, 0.25) is 0 Å². The molecule has 558 valence electrons. The van der Waals surface area contributed by atoms with Gasteiger partial charge in [-0.15, -0.1) is 45.3 Å². The van der Waals surface area contributed by atoms with E-state index in [0.29, 0.717) is 53.3 Å². The first-order valence-corrected chi connectivity index (χ1v) is 41.1. The first-order valence-electron chi connectivity index (χ1n) is 37.0. The molecule has 0 N–H and O–H groups in total. The van der Waals surface area contributed by atoms with Crippen LogP contribution >= 0.6 is 56.7 Å². The van der Waals surface area contributed by atoms with Gasteiger partial charge in [-0.3, -0.25) is 24.9 Å². The van der Waals surface area contributed by atoms with Crippen molar-refractivity contribution in [1.29, 1.82) is 0 Å². The fourth-order valence-corrected chi connectivity index (χ4v) is 15.2. The molecular weight excluding hydrogens is 1430 g/mol. The number of aromatic nitrogens is 15. The molecule has 0 atom stereocenters. The van der Waals surface area contributed by atoms with Crippen molar-refractivity contribution >= 4 is 142 Å². The summed E-state index contributed by atoms with van der Waals surface area (Å²) in [4.78, 5) is 61.9. The molecule has 0 saturated heterocycles. The molecule has 16 heterocycles. The van der Waals surface area contributed by atoms with E-state index in [2.05, 4.69) is 253 Å². The van der Waals surface area contributed by atoms with Gasteiger partial charge in [0, 0.05) is 110 Å². The minimum atomic E-state index is 0.465. The molecule has 0 spiro atoms. The molecule has 17 nitrogen and oxygen atoms in total. The number of imidazole rings is 2. The van der Waals surface area contributed by atoms with E-state index in [1.54, 1.807) is 79.8 Å². The van der Waals surface area contributed by atoms with E-state index in [-0.39, 0.29) is 0 Å². The third kappa shape index (κ3) is 22.5. The quantitative estimate of drug-likeness (QED) is 0.132. The second-order valence-corrected chi connectivity index (χ2v) is 34.0. The molecule has 0 amide bonds. The monoisotopic (exact) mass is 1530 g/mol. The van der Waals surface area contributed by atoms with Crippen LogP contribution in [-0.4, -0.2) is 85.2 Å². The number of pyridine rings is 6. The summed E-state index contributed by atoms with van der Waals surface area (Å²) in [5.41, 5.74) is 16.8. The number of hydrogen-bond acceptors (Lipinski definition) is 20. The van der Waals surface area contributed by atoms with E-state index >= 15 is 0 Å². The van der Waals surface area contributed by atoms with Crippen LogP contribution in [-0.2, 0) is 12.8 Å². The van der Waals surface area contributed by atoms with Crippen LogP contribution in [0.2, 0.25) is 0 Å². The van der Waals surface area contributed by atoms with Crippen molar-refractivity contribution in [1.82, 2.24) is 73.8 Å². The molecule has 0 radical (unpaired) electrons. The van der Waals surface area contributed by atoms with E-state index in [4.69, 9.17) is 0 Å². The zero-order valence-corrected chi connectivity index (χ0v) is 69.3. The molecule has 18 rings (SSSR count). The zero-order chi connectivity index (χ0) is 77.0. The van der Waals surface area contributed by atoms with E-state index in [0.717, 1.165) is 73.8 Å². The lowest BCUT2D eigenvalue weighted by molar-refractivity contribution is 0.829. The molecule has 0 unspecified atom stereocenters. The van der Waals surface area contributed by atoms with Gasteiger partial charge >= 0.3 is 0 Å². The summed E-state index contributed by atoms with van der Waals surface area (Å²) in [6, 6.07) is 40.5. The van der Waals surface area contributed by atoms with E-state index < -0.39 is 0 Å². The highest BCUT2D eigenvalue weighted by Gasteiger charge is 2.18. The van der Waals surface area contributed by atoms with Crippen molar-refractivity contribution in [3.8, 4) is 0 Å². The minimum Gasteiger partial charge on any atom is -0.307 e. The molecule has 22 heteroatoms. The highest BCUT2D eigenvalue weighted by Crippen LogP contribution is 2.33. The van der Waals surface area contributed by atoms with Gasteiger partial charge in [-0.2, -0.15) is 5.10 Å². The average Bonchev–Trinajstić information content (AvgIpc) is 1.77. The second-order valence-electron chi connectivity index (χ2n) is 28.8. The number of thiazole rings is 5. The van der Waals surface area contributed by atoms with Gasteiger partial charge < -0.3 is 4.40 Å². The fourth-order valence-electron chi connectivity index (χ4n) is 10.5. The lowest BCUT2D eigenvalue weighted by Gasteiger charge is -2.01. The SMILES string of the molecule is CC(C)C1=Nc2ccccc2C1.CC(C)C1=Nc2cnccc2C1.CC(C)c1cn2ccccc2n1.CC(C)c1cn2ncccc2n1.CC(C)c1nc2ccccc2s1.CC(C)c1nc2cccnc2s1.CC(C)c1nc2ccncc2s1.CC(C)c1nc2cnccc2s1.CC(C)c1nc2ncccc2s1. The van der Waals surface area contributed by atoms with Crippen LogP contribution < -0.4 is 0 Å². The summed E-state index contributed by atoms with van der Waals surface area (Å²) in [5.74, 6) is 4.69. The summed E-state index contributed by atoms with van der Waals surface area (Å²) in [6.07, 6.45) is 24.4. The van der Waals surface area contributed by atoms with Gasteiger partial charge in [0.15, 0.2) is 11.3 Å². The van der Waals surface area contributed by atoms with Gasteiger partial charge in [0.1, 0.15) is 16.0 Å². The Morgan fingerprint density at radius 2 is 0.806 bits per heavy atom. The minimum absolute atomic E-state index is 0.465. The molecule has 0 saturated carbocycles. The van der Waals surface area contributed by atoms with E-state index in [1.165, 1.54) is 72.1 Å². The lowest BCUT2D eigenvalue weighted by atomic mass is 10.0. The van der Waals surface area contributed by atoms with Crippen molar-refractivity contribution in [3.63, 3.8) is 0 Å². The normalized spacial score (nSPS) is 12.0. The first kappa shape index (κ1) is 80.8. The molecular formula is C86H99N17S5. The molecule has 0 aliphatic carbocycles. The van der Waals surface area contributed by atoms with Crippen LogP contribution in [0.15, 0.2) is 206 Å². The predicted molar refractivity (Wildman–Crippen MR) is 458 cm³/mol. The third-order valence-corrected chi connectivity index (χ3v) is 23.4. The molecule has 0 bridgehead atoms. The Morgan fingerprint density at radius 1 is 0.324 bits per heavy atom. The molecule has 108 heavy (non-hydrogen) atoms. The van der Waals surface area contributed by atoms with Crippen molar-refractivity contribution in [2.45, 2.75) is 179 Å². The summed E-state index contributed by atoms with van der Waals surface area (Å²) in [7, 11) is 0. The number of benzene rings is 2. The van der Waals surface area contributed by atoms with Crippen molar-refractivity contribution in [2.24, 2.45) is 21.8 Å². The summed E-state index contributed by atoms with van der Waals surface area (Å²) in [6.45, 7) is 38.9. The largest absolute Gasteiger partial charge is 0.307 e. The Bertz CT molecular complexity index is 4480. The van der Waals surface area contributed by atoms with Crippen molar-refractivity contribution < 1.29 is 0 Å². The Morgan fingerprint density at radius 3 is 1.42 bits per heavy atom. The molecule has 16 aromatic rings. The standard InChI is InChI=1S/C11H13N.2C10H12N2.C10H11NS.C9H11N3.4C9H10N2S/c1-8(2)11-7-9-5-3-4-6-10(9)12-11;1-7(2)9-5-8-3-4-11-6-10(8)12-9;1-8(2)9-7-12-6-4-3-5-10(12)11-9;1-7(2)10-11-8-5-3-4-6-9(8)12-10;1-7(2)8-6-12-9(11-8)4-3-5-10-12;1-6(2)9-11-7-5-10-4-3-8(7)12-9;1-6(2)9-11-7-3-4-10-5-8(7)12-9;1-6(2)9-11-8-7(12-9)4-3-5-10-8;1-6(2)8-11-7-4-3-5-10-9(7)12-8/h3-6,8H,7H2,1-2H3;3-4,6-7H,5H2,1-2H3;3-8H,1-2H3;2*3-7H,1-2H3;4*3-6H,1-2H3. The van der Waals surface area contributed by atoms with E-state index in [1.807, 2.05) is 128 Å². The molecule has 2 aliphatic heterocycles. The Kier molecular flexibility index (Phi) is 29.1. The third-order valence-electron chi connectivity index (χ3n) is 16.9. The van der Waals surface area contributed by atoms with Crippen LogP contribution in [0, 0.1) is 11.8 Å². The van der Waals surface area contributed by atoms with Gasteiger partial charge in [0.05, 0.1) is 102 Å². The number of fused-ring (bicyclic) bond motifs is 9. The molecule has 0 fully saturated rings. The second kappa shape index (κ2) is 38.9. The van der Waals surface area contributed by atoms with Crippen LogP contribution in [0.25, 0.3) is 62.6 Å². The molecule has 14 aromatic heterocycles. The van der Waals surface area contributed by atoms with Gasteiger partial charge in [-0.1, -0.05) is 172 Å². The highest BCUT2D eigenvalue weighted by molar-refractivity contribution is 7.19. The first-order chi connectivity index (χ1) is 51.9. The molecule has 2 aliphatic rings. The van der Waals surface area contributed by atoms with Crippen molar-refractivity contribution in [3.05, 3.63) is 243 Å². The van der Waals surface area contributed by atoms with Crippen LogP contribution in [0.5, 0.6) is 0 Å². The lowest BCUT2D eigenvalue weighted by Crippen LogP contribution is -2.06. The van der Waals surface area contributed by atoms with Gasteiger partial charge in [0.25, 0.3) is 0 Å². The van der Waals surface area contributed by atoms with Crippen LogP contribution in [0.4, 0.5) is 11.4 Å². The van der Waals surface area contributed by atoms with Crippen LogP contribution in [0.1, 0.15) is 214 Å². The maximum Gasteiger partial charge on any atom is 0.170 e. The molecule has 2 aromatic carbocycles. The fraction of sp³-hybridized carbons (Fsp3) is 0.337. The number of rotatable bonds is 9. The zero-order valence-electron chi connectivity index (χ0n) is 65.2. The topological polar surface area (TPSA) is 201 Å². The van der Waals surface area contributed by atoms with Crippen LogP contribution in [0.3, 0.4) is 0 Å². The number of nitrogens with zero attached hydrogens (tertiary/aromatic N) is 17.